The van der Waals surface area contributed by atoms with Gasteiger partial charge < -0.3 is 4.74 Å². The monoisotopic (exact) mass is 258 g/mol. The van der Waals surface area contributed by atoms with Crippen molar-refractivity contribution < 1.29 is 4.74 Å². The SMILES string of the molecule is CC(C)Oc1ccccc1C(NN)c1ccncn1. The van der Waals surface area contributed by atoms with Gasteiger partial charge in [-0.05, 0) is 26.0 Å². The van der Waals surface area contributed by atoms with Gasteiger partial charge in [0, 0.05) is 11.8 Å². The van der Waals surface area contributed by atoms with Crippen molar-refractivity contribution in [2.75, 3.05) is 0 Å². The molecule has 0 saturated carbocycles. The highest BCUT2D eigenvalue weighted by Crippen LogP contribution is 2.28. The number of nitrogens with zero attached hydrogens (tertiary/aromatic N) is 2. The normalized spacial score (nSPS) is 12.4. The van der Waals surface area contributed by atoms with E-state index in [-0.39, 0.29) is 12.1 Å². The van der Waals surface area contributed by atoms with Crippen molar-refractivity contribution in [1.29, 1.82) is 0 Å². The molecule has 0 aliphatic heterocycles. The average Bonchev–Trinajstić information content (AvgIpc) is 2.42. The lowest BCUT2D eigenvalue weighted by Gasteiger charge is -2.20. The van der Waals surface area contributed by atoms with Gasteiger partial charge >= 0.3 is 0 Å². The largest absolute Gasteiger partial charge is 0.491 e. The second-order valence-corrected chi connectivity index (χ2v) is 4.44. The second-order valence-electron chi connectivity index (χ2n) is 4.44. The van der Waals surface area contributed by atoms with Crippen LogP contribution in [-0.2, 0) is 0 Å². The van der Waals surface area contributed by atoms with Crippen LogP contribution in [-0.4, -0.2) is 16.1 Å². The molecule has 0 spiro atoms. The van der Waals surface area contributed by atoms with Crippen LogP contribution < -0.4 is 16.0 Å². The summed E-state index contributed by atoms with van der Waals surface area (Å²) in [6.07, 6.45) is 3.30. The van der Waals surface area contributed by atoms with E-state index in [9.17, 15) is 0 Å². The van der Waals surface area contributed by atoms with Crippen LogP contribution in [0.5, 0.6) is 5.75 Å². The number of rotatable bonds is 5. The number of hydrogen-bond acceptors (Lipinski definition) is 5. The molecule has 2 rings (SSSR count). The molecule has 3 N–H and O–H groups in total. The first-order chi connectivity index (χ1) is 9.22. The molecule has 1 unspecified atom stereocenters. The first-order valence-corrected chi connectivity index (χ1v) is 6.20. The molecule has 0 amide bonds. The Morgan fingerprint density at radius 2 is 2.00 bits per heavy atom. The lowest BCUT2D eigenvalue weighted by atomic mass is 10.0. The van der Waals surface area contributed by atoms with Crippen molar-refractivity contribution in [3.05, 3.63) is 54.1 Å². The van der Waals surface area contributed by atoms with Crippen molar-refractivity contribution in [3.63, 3.8) is 0 Å². The third-order valence-corrected chi connectivity index (χ3v) is 2.66. The summed E-state index contributed by atoms with van der Waals surface area (Å²) >= 11 is 0. The molecule has 1 aromatic carbocycles. The molecule has 0 aliphatic rings. The fourth-order valence-electron chi connectivity index (χ4n) is 1.89. The van der Waals surface area contributed by atoms with Crippen LogP contribution in [0.25, 0.3) is 0 Å². The molecule has 1 heterocycles. The number of nitrogens with two attached hydrogens (primary N) is 1. The van der Waals surface area contributed by atoms with Gasteiger partial charge in [-0.15, -0.1) is 0 Å². The molecule has 1 atom stereocenters. The molecule has 0 saturated heterocycles. The minimum atomic E-state index is -0.224. The van der Waals surface area contributed by atoms with Crippen molar-refractivity contribution in [1.82, 2.24) is 15.4 Å². The molecule has 0 fully saturated rings. The highest BCUT2D eigenvalue weighted by molar-refractivity contribution is 5.39. The number of hydrogen-bond donors (Lipinski definition) is 2. The van der Waals surface area contributed by atoms with E-state index in [1.54, 1.807) is 6.20 Å². The van der Waals surface area contributed by atoms with E-state index in [2.05, 4.69) is 15.4 Å². The molecule has 5 nitrogen and oxygen atoms in total. The second kappa shape index (κ2) is 6.26. The van der Waals surface area contributed by atoms with Crippen LogP contribution in [0.1, 0.15) is 31.1 Å². The van der Waals surface area contributed by atoms with E-state index in [4.69, 9.17) is 10.6 Å². The molecule has 5 heteroatoms. The number of aromatic nitrogens is 2. The topological polar surface area (TPSA) is 73.1 Å². The molecule has 1 aromatic heterocycles. The van der Waals surface area contributed by atoms with Gasteiger partial charge in [-0.25, -0.2) is 15.4 Å². The summed E-state index contributed by atoms with van der Waals surface area (Å²) in [4.78, 5) is 8.15. The van der Waals surface area contributed by atoms with Gasteiger partial charge in [0.1, 0.15) is 12.1 Å². The quantitative estimate of drug-likeness (QED) is 0.632. The van der Waals surface area contributed by atoms with Gasteiger partial charge in [0.15, 0.2) is 0 Å². The van der Waals surface area contributed by atoms with Crippen LogP contribution >= 0.6 is 0 Å². The Kier molecular flexibility index (Phi) is 4.43. The molecule has 0 bridgehead atoms. The number of nitrogens with one attached hydrogen (secondary N) is 1. The Bertz CT molecular complexity index is 516. The maximum atomic E-state index is 5.81. The van der Waals surface area contributed by atoms with E-state index in [0.29, 0.717) is 0 Å². The van der Waals surface area contributed by atoms with Crippen LogP contribution in [0, 0.1) is 0 Å². The smallest absolute Gasteiger partial charge is 0.124 e. The molecule has 0 aliphatic carbocycles. The average molecular weight is 258 g/mol. The van der Waals surface area contributed by atoms with Crippen molar-refractivity contribution >= 4 is 0 Å². The maximum absolute atomic E-state index is 5.81. The minimum Gasteiger partial charge on any atom is -0.491 e. The lowest BCUT2D eigenvalue weighted by Crippen LogP contribution is -2.30. The van der Waals surface area contributed by atoms with Gasteiger partial charge in [-0.3, -0.25) is 5.84 Å². The van der Waals surface area contributed by atoms with Gasteiger partial charge in [-0.1, -0.05) is 18.2 Å². The summed E-state index contributed by atoms with van der Waals surface area (Å²) in [5, 5.41) is 0. The number of benzene rings is 1. The van der Waals surface area contributed by atoms with Crippen LogP contribution in [0.15, 0.2) is 42.9 Å². The first-order valence-electron chi connectivity index (χ1n) is 6.20. The summed E-state index contributed by atoms with van der Waals surface area (Å²) in [7, 11) is 0. The number of para-hydroxylation sites is 1. The van der Waals surface area contributed by atoms with Gasteiger partial charge in [0.2, 0.25) is 0 Å². The molecule has 2 aromatic rings. The third-order valence-electron chi connectivity index (χ3n) is 2.66. The first kappa shape index (κ1) is 13.5. The zero-order valence-electron chi connectivity index (χ0n) is 11.1. The van der Waals surface area contributed by atoms with Crippen LogP contribution in [0.3, 0.4) is 0 Å². The number of ether oxygens (including phenoxy) is 1. The van der Waals surface area contributed by atoms with E-state index >= 15 is 0 Å². The van der Waals surface area contributed by atoms with Gasteiger partial charge in [0.05, 0.1) is 17.8 Å². The van der Waals surface area contributed by atoms with E-state index < -0.39 is 0 Å². The summed E-state index contributed by atoms with van der Waals surface area (Å²) in [6.45, 7) is 3.98. The molecule has 100 valence electrons. The molecule has 0 radical (unpaired) electrons. The van der Waals surface area contributed by atoms with E-state index in [1.165, 1.54) is 6.33 Å². The summed E-state index contributed by atoms with van der Waals surface area (Å²) in [5.74, 6) is 6.48. The highest BCUT2D eigenvalue weighted by atomic mass is 16.5. The Morgan fingerprint density at radius 1 is 1.21 bits per heavy atom. The Hall–Kier alpha value is -1.98. The molecule has 19 heavy (non-hydrogen) atoms. The van der Waals surface area contributed by atoms with E-state index in [1.807, 2.05) is 44.2 Å². The fourth-order valence-corrected chi connectivity index (χ4v) is 1.89. The summed E-state index contributed by atoms with van der Waals surface area (Å²) in [6, 6.07) is 9.41. The van der Waals surface area contributed by atoms with Crippen LogP contribution in [0.4, 0.5) is 0 Å². The van der Waals surface area contributed by atoms with Crippen molar-refractivity contribution in [3.8, 4) is 5.75 Å². The predicted molar refractivity (Wildman–Crippen MR) is 73.4 cm³/mol. The fraction of sp³-hybridized carbons (Fsp3) is 0.286. The zero-order valence-corrected chi connectivity index (χ0v) is 11.1. The third kappa shape index (κ3) is 3.27. The zero-order chi connectivity index (χ0) is 13.7. The standard InChI is InChI=1S/C14H18N4O/c1-10(2)19-13-6-4-3-5-11(13)14(18-15)12-7-8-16-9-17-12/h3-10,14,18H,15H2,1-2H3. The Labute approximate surface area is 112 Å². The summed E-state index contributed by atoms with van der Waals surface area (Å²) < 4.78 is 5.81. The van der Waals surface area contributed by atoms with Crippen molar-refractivity contribution in [2.24, 2.45) is 5.84 Å². The number of hydrazine groups is 1. The van der Waals surface area contributed by atoms with Crippen molar-refractivity contribution in [2.45, 2.75) is 26.0 Å². The maximum Gasteiger partial charge on any atom is 0.124 e. The highest BCUT2D eigenvalue weighted by Gasteiger charge is 2.18. The Morgan fingerprint density at radius 3 is 2.63 bits per heavy atom. The molecular formula is C14H18N4O. The van der Waals surface area contributed by atoms with Gasteiger partial charge in [-0.2, -0.15) is 0 Å². The predicted octanol–water partition coefficient (Wildman–Crippen LogP) is 1.82. The van der Waals surface area contributed by atoms with E-state index in [0.717, 1.165) is 17.0 Å². The summed E-state index contributed by atoms with van der Waals surface area (Å²) in [5.41, 5.74) is 4.54. The van der Waals surface area contributed by atoms with Crippen LogP contribution in [0.2, 0.25) is 0 Å². The Balaban J connectivity index is 2.38. The minimum absolute atomic E-state index is 0.102. The van der Waals surface area contributed by atoms with Gasteiger partial charge in [0.25, 0.3) is 0 Å². The molecular weight excluding hydrogens is 240 g/mol. The lowest BCUT2D eigenvalue weighted by molar-refractivity contribution is 0.238.